The molecule has 1 aliphatic carbocycles. The molecule has 0 unspecified atom stereocenters. The Labute approximate surface area is 317 Å². The van der Waals surface area contributed by atoms with Crippen molar-refractivity contribution in [2.24, 2.45) is 0 Å². The van der Waals surface area contributed by atoms with Crippen LogP contribution in [0.4, 0.5) is 0 Å². The number of benzene rings is 8. The molecule has 1 aliphatic rings. The lowest BCUT2D eigenvalue weighted by Crippen LogP contribution is -1.94. The molecular formula is C52H31N3. The van der Waals surface area contributed by atoms with E-state index >= 15 is 0 Å². The maximum absolute atomic E-state index is 5.11. The predicted molar refractivity (Wildman–Crippen MR) is 230 cm³/mol. The van der Waals surface area contributed by atoms with Crippen LogP contribution in [0.2, 0.25) is 0 Å². The number of nitrogens with zero attached hydrogens (tertiary/aromatic N) is 3. The summed E-state index contributed by atoms with van der Waals surface area (Å²) < 4.78 is 2.30. The summed E-state index contributed by atoms with van der Waals surface area (Å²) in [5.41, 5.74) is 17.9. The first-order valence-electron chi connectivity index (χ1n) is 18.8. The number of pyridine rings is 2. The van der Waals surface area contributed by atoms with Crippen molar-refractivity contribution in [3.8, 4) is 61.3 Å². The van der Waals surface area contributed by atoms with Gasteiger partial charge in [0.05, 0.1) is 28.3 Å². The van der Waals surface area contributed by atoms with Gasteiger partial charge in [0.25, 0.3) is 0 Å². The monoisotopic (exact) mass is 697 g/mol. The molecule has 0 saturated heterocycles. The fraction of sp³-hybridized carbons (Fsp3) is 0. The van der Waals surface area contributed by atoms with Crippen LogP contribution in [-0.4, -0.2) is 14.5 Å². The van der Waals surface area contributed by atoms with Gasteiger partial charge in [0.1, 0.15) is 0 Å². The molecule has 3 heterocycles. The van der Waals surface area contributed by atoms with Crippen molar-refractivity contribution in [1.29, 1.82) is 0 Å². The van der Waals surface area contributed by atoms with Gasteiger partial charge in [-0.05, 0) is 108 Å². The summed E-state index contributed by atoms with van der Waals surface area (Å²) in [6.45, 7) is 0. The molecule has 0 bridgehead atoms. The third kappa shape index (κ3) is 4.32. The van der Waals surface area contributed by atoms with Crippen LogP contribution in [0.5, 0.6) is 0 Å². The molecule has 0 fully saturated rings. The van der Waals surface area contributed by atoms with Gasteiger partial charge in [0, 0.05) is 22.7 Å². The van der Waals surface area contributed by atoms with E-state index in [1.54, 1.807) is 0 Å². The van der Waals surface area contributed by atoms with E-state index in [-0.39, 0.29) is 0 Å². The molecule has 0 spiro atoms. The Balaban J connectivity index is 1.08. The third-order valence-electron chi connectivity index (χ3n) is 11.6. The molecule has 0 aliphatic heterocycles. The first-order chi connectivity index (χ1) is 27.3. The zero-order valence-corrected chi connectivity index (χ0v) is 29.7. The number of hydrogen-bond acceptors (Lipinski definition) is 2. The topological polar surface area (TPSA) is 30.7 Å². The van der Waals surface area contributed by atoms with Gasteiger partial charge in [-0.2, -0.15) is 0 Å². The molecule has 11 aromatic rings. The maximum atomic E-state index is 5.11. The van der Waals surface area contributed by atoms with Gasteiger partial charge in [0.15, 0.2) is 0 Å². The minimum absolute atomic E-state index is 0.990. The first kappa shape index (κ1) is 30.1. The fourth-order valence-electron chi connectivity index (χ4n) is 9.30. The minimum Gasteiger partial charge on any atom is -0.306 e. The van der Waals surface area contributed by atoms with Crippen LogP contribution < -0.4 is 0 Å². The predicted octanol–water partition coefficient (Wildman–Crippen LogP) is 13.7. The Morgan fingerprint density at radius 3 is 1.75 bits per heavy atom. The van der Waals surface area contributed by atoms with Crippen LogP contribution in [0.1, 0.15) is 0 Å². The first-order valence-corrected chi connectivity index (χ1v) is 18.8. The quantitative estimate of drug-likeness (QED) is 0.183. The normalized spacial score (nSPS) is 12.0. The average Bonchev–Trinajstić information content (AvgIpc) is 3.76. The third-order valence-corrected chi connectivity index (χ3v) is 11.6. The highest BCUT2D eigenvalue weighted by atomic mass is 15.0. The lowest BCUT2D eigenvalue weighted by Gasteiger charge is -2.20. The SMILES string of the molecule is c1ccc(-c2c3c(c(-c4ccccc4)c4ccccc24)-c2ccc(-c4ccc(-n5c6cnccc6c6nc7ccccc7cc65)cc4)c4cccc-3c24)cc1. The van der Waals surface area contributed by atoms with Crippen molar-refractivity contribution in [3.05, 3.63) is 188 Å². The Hall–Kier alpha value is -7.36. The van der Waals surface area contributed by atoms with Crippen LogP contribution in [0.15, 0.2) is 188 Å². The molecule has 3 heteroatoms. The van der Waals surface area contributed by atoms with E-state index in [4.69, 9.17) is 4.98 Å². The van der Waals surface area contributed by atoms with E-state index in [1.165, 1.54) is 77.2 Å². The van der Waals surface area contributed by atoms with Gasteiger partial charge >= 0.3 is 0 Å². The van der Waals surface area contributed by atoms with Crippen LogP contribution in [0, 0.1) is 0 Å². The molecule has 254 valence electrons. The van der Waals surface area contributed by atoms with E-state index in [0.717, 1.165) is 38.5 Å². The summed E-state index contributed by atoms with van der Waals surface area (Å²) in [6, 6.07) is 64.0. The zero-order valence-electron chi connectivity index (χ0n) is 29.7. The molecule has 0 saturated carbocycles. The van der Waals surface area contributed by atoms with E-state index < -0.39 is 0 Å². The highest BCUT2D eigenvalue weighted by Gasteiger charge is 2.31. The number of rotatable bonds is 4. The van der Waals surface area contributed by atoms with Crippen LogP contribution >= 0.6 is 0 Å². The lowest BCUT2D eigenvalue weighted by molar-refractivity contribution is 1.17. The Morgan fingerprint density at radius 1 is 0.400 bits per heavy atom. The Morgan fingerprint density at radius 2 is 1.02 bits per heavy atom. The van der Waals surface area contributed by atoms with Gasteiger partial charge < -0.3 is 4.57 Å². The Kier molecular flexibility index (Phi) is 6.34. The largest absolute Gasteiger partial charge is 0.306 e. The molecule has 0 atom stereocenters. The highest BCUT2D eigenvalue weighted by molar-refractivity contribution is 6.28. The molecule has 3 aromatic heterocycles. The molecule has 12 rings (SSSR count). The second-order valence-electron chi connectivity index (χ2n) is 14.5. The van der Waals surface area contributed by atoms with Gasteiger partial charge in [-0.25, -0.2) is 4.98 Å². The standard InChI is InChI=1S/C52H31N3/c1-3-12-33(13-4-1)47-39-17-8-9-18-40(39)48(34-14-5-2-6-15-34)51-43-27-26-37(38-19-11-20-42(49(38)43)50(47)51)32-22-24-36(25-23-32)55-45-30-35-16-7-10-21-44(35)54-52(45)41-28-29-53-31-46(41)55/h1-31H. The summed E-state index contributed by atoms with van der Waals surface area (Å²) in [5, 5.41) is 7.35. The zero-order chi connectivity index (χ0) is 36.0. The second-order valence-corrected chi connectivity index (χ2v) is 14.5. The van der Waals surface area contributed by atoms with Crippen LogP contribution in [0.25, 0.3) is 116 Å². The maximum Gasteiger partial charge on any atom is 0.0972 e. The van der Waals surface area contributed by atoms with Crippen LogP contribution in [-0.2, 0) is 0 Å². The molecule has 8 aromatic carbocycles. The van der Waals surface area contributed by atoms with Crippen molar-refractivity contribution < 1.29 is 0 Å². The number of aromatic nitrogens is 3. The summed E-state index contributed by atoms with van der Waals surface area (Å²) in [6.07, 6.45) is 3.81. The van der Waals surface area contributed by atoms with Crippen LogP contribution in [0.3, 0.4) is 0 Å². The number of fused-ring (bicyclic) bond motifs is 8. The van der Waals surface area contributed by atoms with Gasteiger partial charge in [-0.1, -0.05) is 146 Å². The summed E-state index contributed by atoms with van der Waals surface area (Å²) in [4.78, 5) is 9.63. The highest BCUT2D eigenvalue weighted by Crippen LogP contribution is 2.58. The minimum atomic E-state index is 0.990. The Bertz CT molecular complexity index is 3250. The van der Waals surface area contributed by atoms with Crippen molar-refractivity contribution in [2.45, 2.75) is 0 Å². The number of hydrogen-bond donors (Lipinski definition) is 0. The van der Waals surface area contributed by atoms with E-state index in [9.17, 15) is 0 Å². The summed E-state index contributed by atoms with van der Waals surface area (Å²) in [5.74, 6) is 0. The molecule has 3 nitrogen and oxygen atoms in total. The fourth-order valence-corrected chi connectivity index (χ4v) is 9.30. The summed E-state index contributed by atoms with van der Waals surface area (Å²) >= 11 is 0. The van der Waals surface area contributed by atoms with Gasteiger partial charge in [-0.15, -0.1) is 0 Å². The second kappa shape index (κ2) is 11.6. The molecular weight excluding hydrogens is 667 g/mol. The van der Waals surface area contributed by atoms with Crippen molar-refractivity contribution >= 4 is 54.4 Å². The van der Waals surface area contributed by atoms with Crippen molar-refractivity contribution in [1.82, 2.24) is 14.5 Å². The van der Waals surface area contributed by atoms with E-state index in [2.05, 4.69) is 179 Å². The molecule has 55 heavy (non-hydrogen) atoms. The smallest absolute Gasteiger partial charge is 0.0972 e. The lowest BCUT2D eigenvalue weighted by atomic mass is 9.82. The van der Waals surface area contributed by atoms with E-state index in [0.29, 0.717) is 0 Å². The van der Waals surface area contributed by atoms with Gasteiger partial charge in [0.2, 0.25) is 0 Å². The molecule has 0 radical (unpaired) electrons. The average molecular weight is 698 g/mol. The summed E-state index contributed by atoms with van der Waals surface area (Å²) in [7, 11) is 0. The van der Waals surface area contributed by atoms with Crippen molar-refractivity contribution in [2.75, 3.05) is 0 Å². The van der Waals surface area contributed by atoms with E-state index in [1.807, 2.05) is 18.5 Å². The van der Waals surface area contributed by atoms with Gasteiger partial charge in [-0.3, -0.25) is 4.98 Å². The molecule has 0 N–H and O–H groups in total. The molecule has 0 amide bonds. The van der Waals surface area contributed by atoms with Crippen molar-refractivity contribution in [3.63, 3.8) is 0 Å². The number of para-hydroxylation sites is 1.